The number of quaternary nitrogens is 1. The first-order valence-corrected chi connectivity index (χ1v) is 9.32. The number of methoxy groups -OCH3 is 1. The fourth-order valence-electron chi connectivity index (χ4n) is 4.15. The van der Waals surface area contributed by atoms with E-state index in [-0.39, 0.29) is 18.6 Å². The average molecular weight is 368 g/mol. The van der Waals surface area contributed by atoms with Crippen molar-refractivity contribution in [2.45, 2.75) is 25.8 Å². The monoisotopic (exact) mass is 368 g/mol. The van der Waals surface area contributed by atoms with Crippen LogP contribution >= 0.6 is 0 Å². The van der Waals surface area contributed by atoms with Gasteiger partial charge in [0.1, 0.15) is 6.04 Å². The quantitative estimate of drug-likeness (QED) is 0.610. The number of likely N-dealkylation sites (N-methyl/N-ethyl adjacent to an activating group) is 1. The van der Waals surface area contributed by atoms with Crippen LogP contribution in [0.2, 0.25) is 0 Å². The van der Waals surface area contributed by atoms with E-state index < -0.39 is 0 Å². The summed E-state index contributed by atoms with van der Waals surface area (Å²) in [7, 11) is 6.02. The Kier molecular flexibility index (Phi) is 4.35. The molecule has 1 unspecified atom stereocenters. The molecule has 0 aromatic heterocycles. The highest BCUT2D eigenvalue weighted by molar-refractivity contribution is 5.96. The highest BCUT2D eigenvalue weighted by atomic mass is 16.7. The Morgan fingerprint density at radius 3 is 2.67 bits per heavy atom. The van der Waals surface area contributed by atoms with Crippen molar-refractivity contribution >= 4 is 5.78 Å². The van der Waals surface area contributed by atoms with Crippen LogP contribution in [-0.4, -0.2) is 44.8 Å². The maximum absolute atomic E-state index is 13.0. The second kappa shape index (κ2) is 6.57. The first-order chi connectivity index (χ1) is 12.9. The zero-order valence-electron chi connectivity index (χ0n) is 16.4. The van der Waals surface area contributed by atoms with Crippen LogP contribution in [0.4, 0.5) is 0 Å². The lowest BCUT2D eigenvalue weighted by atomic mass is 9.86. The van der Waals surface area contributed by atoms with E-state index in [4.69, 9.17) is 14.2 Å². The van der Waals surface area contributed by atoms with E-state index in [1.807, 2.05) is 31.2 Å². The van der Waals surface area contributed by atoms with E-state index in [1.54, 1.807) is 7.11 Å². The Hall–Kier alpha value is -2.53. The van der Waals surface area contributed by atoms with Crippen LogP contribution in [0, 0.1) is 6.92 Å². The van der Waals surface area contributed by atoms with Crippen molar-refractivity contribution in [3.63, 3.8) is 0 Å². The lowest BCUT2D eigenvalue weighted by Crippen LogP contribution is -2.48. The Morgan fingerprint density at radius 2 is 1.96 bits per heavy atom. The number of carbonyl (C=O) groups excluding carboxylic acids is 1. The molecule has 27 heavy (non-hydrogen) atoms. The number of hydrogen-bond donors (Lipinski definition) is 0. The molecule has 0 bridgehead atoms. The normalized spacial score (nSPS) is 19.5. The van der Waals surface area contributed by atoms with Crippen LogP contribution in [0.5, 0.6) is 17.2 Å². The molecule has 5 nitrogen and oxygen atoms in total. The Labute approximate surface area is 160 Å². The lowest BCUT2D eigenvalue weighted by Gasteiger charge is -2.43. The van der Waals surface area contributed by atoms with Gasteiger partial charge in [-0.15, -0.1) is 0 Å². The minimum absolute atomic E-state index is 0.00648. The van der Waals surface area contributed by atoms with E-state index in [0.29, 0.717) is 17.9 Å². The predicted octanol–water partition coefficient (Wildman–Crippen LogP) is 3.68. The molecule has 0 saturated heterocycles. The number of nitrogens with zero attached hydrogens (tertiary/aromatic N) is 1. The molecule has 2 heterocycles. The van der Waals surface area contributed by atoms with E-state index >= 15 is 0 Å². The summed E-state index contributed by atoms with van der Waals surface area (Å²) in [4.78, 5) is 13.0. The fourth-order valence-corrected chi connectivity index (χ4v) is 4.15. The van der Waals surface area contributed by atoms with Gasteiger partial charge >= 0.3 is 0 Å². The summed E-state index contributed by atoms with van der Waals surface area (Å²) in [6.45, 7) is 3.20. The van der Waals surface area contributed by atoms with E-state index in [9.17, 15) is 4.79 Å². The smallest absolute Gasteiger partial charge is 0.231 e. The van der Waals surface area contributed by atoms with Crippen LogP contribution in [-0.2, 0) is 6.42 Å². The zero-order chi connectivity index (χ0) is 19.2. The van der Waals surface area contributed by atoms with Gasteiger partial charge in [-0.25, -0.2) is 0 Å². The number of Topliss-reactive ketones (excluding diaryl/α,β-unsaturated/α-hetero) is 1. The van der Waals surface area contributed by atoms with Crippen molar-refractivity contribution in [3.8, 4) is 17.2 Å². The number of fused-ring (bicyclic) bond motifs is 2. The molecular weight excluding hydrogens is 342 g/mol. The molecule has 142 valence electrons. The first-order valence-electron chi connectivity index (χ1n) is 9.32. The highest BCUT2D eigenvalue weighted by Crippen LogP contribution is 2.51. The van der Waals surface area contributed by atoms with Gasteiger partial charge in [0, 0.05) is 12.0 Å². The molecule has 0 spiro atoms. The first kappa shape index (κ1) is 17.9. The van der Waals surface area contributed by atoms with Crippen molar-refractivity contribution in [2.75, 3.05) is 34.5 Å². The van der Waals surface area contributed by atoms with Crippen molar-refractivity contribution < 1.29 is 23.5 Å². The molecule has 0 fully saturated rings. The molecular formula is C22H26NO4+. The summed E-state index contributed by atoms with van der Waals surface area (Å²) in [5.74, 6) is 2.26. The van der Waals surface area contributed by atoms with Crippen LogP contribution in [0.15, 0.2) is 30.3 Å². The number of aryl methyl sites for hydroxylation is 1. The minimum Gasteiger partial charge on any atom is -0.492 e. The second-order valence-corrected chi connectivity index (χ2v) is 7.98. The topological polar surface area (TPSA) is 44.8 Å². The summed E-state index contributed by atoms with van der Waals surface area (Å²) in [6.07, 6.45) is 1.35. The summed E-state index contributed by atoms with van der Waals surface area (Å²) >= 11 is 0. The molecule has 0 saturated carbocycles. The number of ketones is 1. The molecule has 1 atom stereocenters. The molecule has 0 radical (unpaired) electrons. The Morgan fingerprint density at radius 1 is 1.22 bits per heavy atom. The van der Waals surface area contributed by atoms with Gasteiger partial charge in [0.15, 0.2) is 17.3 Å². The van der Waals surface area contributed by atoms with Crippen molar-refractivity contribution in [3.05, 3.63) is 52.6 Å². The number of ether oxygens (including phenoxy) is 3. The van der Waals surface area contributed by atoms with Crippen LogP contribution in [0.3, 0.4) is 0 Å². The SMILES string of the molecule is COc1c2c(cc3c1C(CC(=O)c1ccc(C)cc1)[N+](C)(C)CC3)OCO2. The summed E-state index contributed by atoms with van der Waals surface area (Å²) in [6, 6.07) is 9.87. The predicted molar refractivity (Wildman–Crippen MR) is 103 cm³/mol. The van der Waals surface area contributed by atoms with Gasteiger partial charge in [0.05, 0.1) is 39.7 Å². The largest absolute Gasteiger partial charge is 0.492 e. The summed E-state index contributed by atoms with van der Waals surface area (Å²) in [5, 5.41) is 0. The van der Waals surface area contributed by atoms with Crippen LogP contribution < -0.4 is 14.2 Å². The molecule has 2 aromatic carbocycles. The maximum Gasteiger partial charge on any atom is 0.231 e. The van der Waals surface area contributed by atoms with Gasteiger partial charge in [-0.2, -0.15) is 0 Å². The van der Waals surface area contributed by atoms with Gasteiger partial charge in [-0.3, -0.25) is 4.79 Å². The average Bonchev–Trinajstić information content (AvgIpc) is 3.11. The second-order valence-electron chi connectivity index (χ2n) is 7.98. The molecule has 0 amide bonds. The number of hydrogen-bond acceptors (Lipinski definition) is 4. The third kappa shape index (κ3) is 3.06. The van der Waals surface area contributed by atoms with E-state index in [1.165, 1.54) is 5.56 Å². The lowest BCUT2D eigenvalue weighted by molar-refractivity contribution is -0.922. The minimum atomic E-state index is 0.00648. The van der Waals surface area contributed by atoms with E-state index in [2.05, 4.69) is 20.2 Å². The molecule has 0 aliphatic carbocycles. The van der Waals surface area contributed by atoms with Gasteiger partial charge in [-0.05, 0) is 18.6 Å². The molecule has 0 N–H and O–H groups in total. The van der Waals surface area contributed by atoms with Gasteiger partial charge in [0.25, 0.3) is 0 Å². The highest BCUT2D eigenvalue weighted by Gasteiger charge is 2.42. The standard InChI is InChI=1S/C22H26NO4/c1-14-5-7-15(8-6-14)18(24)12-17-20-16(9-10-23(17,2)3)11-19-21(22(20)25-4)27-13-26-19/h5-8,11,17H,9-10,12-13H2,1-4H3/q+1. The van der Waals surface area contributed by atoms with Crippen LogP contribution in [0.1, 0.15) is 39.5 Å². The maximum atomic E-state index is 13.0. The van der Waals surface area contributed by atoms with Gasteiger partial charge in [-0.1, -0.05) is 29.8 Å². The van der Waals surface area contributed by atoms with E-state index in [0.717, 1.165) is 39.9 Å². The molecule has 4 rings (SSSR count). The third-order valence-corrected chi connectivity index (χ3v) is 5.83. The van der Waals surface area contributed by atoms with Gasteiger partial charge in [0.2, 0.25) is 12.5 Å². The summed E-state index contributed by atoms with van der Waals surface area (Å²) in [5.41, 5.74) is 4.18. The number of carbonyl (C=O) groups is 1. The van der Waals surface area contributed by atoms with Crippen molar-refractivity contribution in [1.29, 1.82) is 0 Å². The van der Waals surface area contributed by atoms with Crippen molar-refractivity contribution in [1.82, 2.24) is 0 Å². The Bertz CT molecular complexity index is 886. The Balaban J connectivity index is 1.76. The molecule has 5 heteroatoms. The van der Waals surface area contributed by atoms with Crippen molar-refractivity contribution in [2.24, 2.45) is 0 Å². The zero-order valence-corrected chi connectivity index (χ0v) is 16.4. The molecule has 2 aromatic rings. The fraction of sp³-hybridized carbons (Fsp3) is 0.409. The van der Waals surface area contributed by atoms with Crippen LogP contribution in [0.25, 0.3) is 0 Å². The molecule has 2 aliphatic heterocycles. The third-order valence-electron chi connectivity index (χ3n) is 5.83. The number of benzene rings is 2. The van der Waals surface area contributed by atoms with Gasteiger partial charge < -0.3 is 18.7 Å². The summed E-state index contributed by atoms with van der Waals surface area (Å²) < 4.78 is 17.7. The molecule has 2 aliphatic rings. The number of rotatable bonds is 4.